The minimum atomic E-state index is -1.02. The second kappa shape index (κ2) is 7.74. The number of hydrogen-bond acceptors (Lipinski definition) is 4. The Morgan fingerprint density at radius 2 is 1.96 bits per heavy atom. The molecule has 1 amide bonds. The van der Waals surface area contributed by atoms with Gasteiger partial charge in [0.1, 0.15) is 5.69 Å². The number of benzene rings is 1. The third-order valence-electron chi connectivity index (χ3n) is 4.93. The minimum Gasteiger partial charge on any atom is -0.467 e. The molecule has 0 bridgehead atoms. The molecule has 26 heavy (non-hydrogen) atoms. The van der Waals surface area contributed by atoms with Crippen molar-refractivity contribution in [2.45, 2.75) is 24.9 Å². The average molecular weight is 355 g/mol. The van der Waals surface area contributed by atoms with Crippen molar-refractivity contribution >= 4 is 11.9 Å². The van der Waals surface area contributed by atoms with Crippen molar-refractivity contribution in [3.05, 3.63) is 59.9 Å². The molecule has 1 saturated heterocycles. The Labute approximate surface area is 153 Å². The van der Waals surface area contributed by atoms with Crippen LogP contribution in [0.2, 0.25) is 0 Å². The van der Waals surface area contributed by atoms with Crippen LogP contribution < -0.4 is 5.32 Å². The molecule has 1 N–H and O–H groups in total. The third kappa shape index (κ3) is 3.80. The molecule has 0 spiro atoms. The van der Waals surface area contributed by atoms with E-state index in [4.69, 9.17) is 4.74 Å². The predicted molar refractivity (Wildman–Crippen MR) is 98.6 cm³/mol. The number of methoxy groups -OCH3 is 1. The molecule has 0 aliphatic carbocycles. The van der Waals surface area contributed by atoms with Crippen LogP contribution in [0.4, 0.5) is 0 Å². The quantitative estimate of drug-likeness (QED) is 0.833. The molecule has 1 aliphatic heterocycles. The number of nitrogens with zero attached hydrogens (tertiary/aromatic N) is 2. The minimum absolute atomic E-state index is 0.260. The summed E-state index contributed by atoms with van der Waals surface area (Å²) in [4.78, 5) is 27.5. The Hall–Kier alpha value is -2.60. The highest BCUT2D eigenvalue weighted by molar-refractivity contribution is 5.97. The highest BCUT2D eigenvalue weighted by Gasteiger charge is 2.45. The third-order valence-corrected chi connectivity index (χ3v) is 4.93. The van der Waals surface area contributed by atoms with Crippen LogP contribution >= 0.6 is 0 Å². The lowest BCUT2D eigenvalue weighted by molar-refractivity contribution is -0.150. The topological polar surface area (TPSA) is 63.6 Å². The molecule has 1 aromatic carbocycles. The van der Waals surface area contributed by atoms with Crippen molar-refractivity contribution in [1.82, 2.24) is 14.8 Å². The van der Waals surface area contributed by atoms with E-state index in [1.54, 1.807) is 10.6 Å². The van der Waals surface area contributed by atoms with Gasteiger partial charge in [0, 0.05) is 26.3 Å². The number of aromatic nitrogens is 1. The molecule has 3 rings (SSSR count). The molecule has 1 fully saturated rings. The molecule has 1 atom stereocenters. The zero-order chi connectivity index (χ0) is 18.6. The van der Waals surface area contributed by atoms with E-state index >= 15 is 0 Å². The van der Waals surface area contributed by atoms with E-state index in [9.17, 15) is 9.59 Å². The van der Waals surface area contributed by atoms with Gasteiger partial charge in [0.15, 0.2) is 5.54 Å². The average Bonchev–Trinajstić information content (AvgIpc) is 3.08. The summed E-state index contributed by atoms with van der Waals surface area (Å²) in [6, 6.07) is 13.7. The summed E-state index contributed by atoms with van der Waals surface area (Å²) in [5, 5.41) is 2.97. The van der Waals surface area contributed by atoms with E-state index < -0.39 is 11.5 Å². The SMILES string of the molecule is COC(=O)[C@@]1(NC(=O)c2cccn2C)CCCN(Cc2ccccc2)C1. The number of ether oxygens (including phenoxy) is 1. The van der Waals surface area contributed by atoms with Crippen LogP contribution in [-0.2, 0) is 23.1 Å². The Morgan fingerprint density at radius 3 is 2.62 bits per heavy atom. The highest BCUT2D eigenvalue weighted by Crippen LogP contribution is 2.25. The maximum Gasteiger partial charge on any atom is 0.332 e. The van der Waals surface area contributed by atoms with Crippen LogP contribution in [-0.4, -0.2) is 47.1 Å². The molecule has 0 saturated carbocycles. The summed E-state index contributed by atoms with van der Waals surface area (Å²) in [5.41, 5.74) is 0.679. The zero-order valence-electron chi connectivity index (χ0n) is 15.3. The fraction of sp³-hybridized carbons (Fsp3) is 0.400. The first-order valence-electron chi connectivity index (χ1n) is 8.83. The summed E-state index contributed by atoms with van der Waals surface area (Å²) < 4.78 is 6.79. The molecule has 6 nitrogen and oxygen atoms in total. The summed E-state index contributed by atoms with van der Waals surface area (Å²) in [7, 11) is 3.18. The van der Waals surface area contributed by atoms with Crippen LogP contribution in [0, 0.1) is 0 Å². The Bertz CT molecular complexity index is 772. The number of aryl methyl sites for hydroxylation is 1. The van der Waals surface area contributed by atoms with Gasteiger partial charge in [-0.25, -0.2) is 4.79 Å². The largest absolute Gasteiger partial charge is 0.467 e. The number of nitrogens with one attached hydrogen (secondary N) is 1. The lowest BCUT2D eigenvalue weighted by Crippen LogP contribution is -2.63. The van der Waals surface area contributed by atoms with Crippen molar-refractivity contribution in [1.29, 1.82) is 0 Å². The predicted octanol–water partition coefficient (Wildman–Crippen LogP) is 1.96. The fourth-order valence-corrected chi connectivity index (χ4v) is 3.61. The van der Waals surface area contributed by atoms with Crippen LogP contribution in [0.25, 0.3) is 0 Å². The van der Waals surface area contributed by atoms with Crippen molar-refractivity contribution < 1.29 is 14.3 Å². The van der Waals surface area contributed by atoms with Crippen molar-refractivity contribution in [2.24, 2.45) is 7.05 Å². The van der Waals surface area contributed by atoms with Crippen LogP contribution in [0.1, 0.15) is 28.9 Å². The summed E-state index contributed by atoms with van der Waals surface area (Å²) >= 11 is 0. The van der Waals surface area contributed by atoms with E-state index in [1.807, 2.05) is 37.5 Å². The van der Waals surface area contributed by atoms with Gasteiger partial charge in [-0.05, 0) is 37.1 Å². The standard InChI is InChI=1S/C20H25N3O3/c1-22-12-6-10-17(22)18(24)21-20(19(25)26-2)11-7-13-23(15-20)14-16-8-4-3-5-9-16/h3-6,8-10,12H,7,11,13-15H2,1-2H3,(H,21,24)/t20-/m1/s1. The Kier molecular flexibility index (Phi) is 5.42. The number of esters is 1. The fourth-order valence-electron chi connectivity index (χ4n) is 3.61. The first kappa shape index (κ1) is 18.2. The Morgan fingerprint density at radius 1 is 1.19 bits per heavy atom. The number of piperidine rings is 1. The molecule has 0 unspecified atom stereocenters. The monoisotopic (exact) mass is 355 g/mol. The van der Waals surface area contributed by atoms with Gasteiger partial charge in [-0.15, -0.1) is 0 Å². The van der Waals surface area contributed by atoms with Crippen LogP contribution in [0.3, 0.4) is 0 Å². The lowest BCUT2D eigenvalue weighted by atomic mass is 9.88. The van der Waals surface area contributed by atoms with Gasteiger partial charge < -0.3 is 14.6 Å². The van der Waals surface area contributed by atoms with Gasteiger partial charge >= 0.3 is 5.97 Å². The second-order valence-electron chi connectivity index (χ2n) is 6.83. The van der Waals surface area contributed by atoms with E-state index in [2.05, 4.69) is 22.3 Å². The number of likely N-dealkylation sites (tertiary alicyclic amines) is 1. The van der Waals surface area contributed by atoms with Crippen molar-refractivity contribution in [3.8, 4) is 0 Å². The maximum absolute atomic E-state index is 12.7. The van der Waals surface area contributed by atoms with Gasteiger partial charge in [0.05, 0.1) is 7.11 Å². The number of rotatable bonds is 5. The second-order valence-corrected chi connectivity index (χ2v) is 6.83. The number of amides is 1. The van der Waals surface area contributed by atoms with Crippen molar-refractivity contribution in [2.75, 3.05) is 20.2 Å². The van der Waals surface area contributed by atoms with Gasteiger partial charge in [-0.1, -0.05) is 30.3 Å². The molecule has 0 radical (unpaired) electrons. The molecule has 1 aliphatic rings. The maximum atomic E-state index is 12.7. The molecule has 2 heterocycles. The number of carbonyl (C=O) groups is 2. The normalized spacial score (nSPS) is 20.5. The van der Waals surface area contributed by atoms with Gasteiger partial charge in [0.25, 0.3) is 5.91 Å². The zero-order valence-corrected chi connectivity index (χ0v) is 15.3. The van der Waals surface area contributed by atoms with Gasteiger partial charge in [0.2, 0.25) is 0 Å². The first-order valence-corrected chi connectivity index (χ1v) is 8.83. The molecule has 1 aromatic heterocycles. The highest BCUT2D eigenvalue weighted by atomic mass is 16.5. The Balaban J connectivity index is 1.79. The van der Waals surface area contributed by atoms with Crippen LogP contribution in [0.15, 0.2) is 48.7 Å². The molecule has 2 aromatic rings. The summed E-state index contributed by atoms with van der Waals surface area (Å²) in [6.45, 7) is 2.05. The molecular weight excluding hydrogens is 330 g/mol. The van der Waals surface area contributed by atoms with E-state index in [-0.39, 0.29) is 5.91 Å². The van der Waals surface area contributed by atoms with Gasteiger partial charge in [-0.2, -0.15) is 0 Å². The smallest absolute Gasteiger partial charge is 0.332 e. The van der Waals surface area contributed by atoms with Gasteiger partial charge in [-0.3, -0.25) is 9.69 Å². The van der Waals surface area contributed by atoms with E-state index in [1.165, 1.54) is 12.7 Å². The molecule has 138 valence electrons. The van der Waals surface area contributed by atoms with Crippen LogP contribution in [0.5, 0.6) is 0 Å². The number of carbonyl (C=O) groups excluding carboxylic acids is 2. The first-order chi connectivity index (χ1) is 12.5. The summed E-state index contributed by atoms with van der Waals surface area (Å²) in [5.74, 6) is -0.651. The number of hydrogen-bond donors (Lipinski definition) is 1. The summed E-state index contributed by atoms with van der Waals surface area (Å²) in [6.07, 6.45) is 3.19. The lowest BCUT2D eigenvalue weighted by Gasteiger charge is -2.41. The van der Waals surface area contributed by atoms with E-state index in [0.717, 1.165) is 19.5 Å². The van der Waals surface area contributed by atoms with Crippen molar-refractivity contribution in [3.63, 3.8) is 0 Å². The molecular formula is C20H25N3O3. The van der Waals surface area contributed by atoms with E-state index in [0.29, 0.717) is 18.7 Å². The molecule has 6 heteroatoms.